The number of benzene rings is 3. The van der Waals surface area contributed by atoms with Gasteiger partial charge in [-0.3, -0.25) is 9.59 Å². The Hall–Kier alpha value is -4.06. The van der Waals surface area contributed by atoms with E-state index in [1.54, 1.807) is 31.4 Å². The van der Waals surface area contributed by atoms with E-state index < -0.39 is 0 Å². The van der Waals surface area contributed by atoms with E-state index in [1.165, 1.54) is 4.90 Å². The summed E-state index contributed by atoms with van der Waals surface area (Å²) in [5.74, 6) is 0.661. The summed E-state index contributed by atoms with van der Waals surface area (Å²) in [6.45, 7) is 5.15. The zero-order chi connectivity index (χ0) is 24.1. The molecule has 0 spiro atoms. The number of hydrogen-bond donors (Lipinski definition) is 0. The Morgan fingerprint density at radius 2 is 1.44 bits per heavy atom. The van der Waals surface area contributed by atoms with Gasteiger partial charge in [0.15, 0.2) is 0 Å². The molecule has 3 aromatic rings. The maximum absolute atomic E-state index is 13.8. The number of methoxy groups -OCH3 is 1. The van der Waals surface area contributed by atoms with Gasteiger partial charge in [-0.05, 0) is 67.4 Å². The highest BCUT2D eigenvalue weighted by atomic mass is 16.5. The second kappa shape index (κ2) is 10.3. The molecule has 6 heteroatoms. The van der Waals surface area contributed by atoms with Crippen LogP contribution in [0.15, 0.2) is 84.6 Å². The van der Waals surface area contributed by atoms with Crippen LogP contribution in [0.2, 0.25) is 0 Å². The Labute approximate surface area is 200 Å². The van der Waals surface area contributed by atoms with Gasteiger partial charge in [-0.2, -0.15) is 0 Å². The Morgan fingerprint density at radius 1 is 0.794 bits per heavy atom. The molecule has 1 heterocycles. The molecular weight excluding hydrogens is 428 g/mol. The first kappa shape index (κ1) is 23.1. The molecule has 0 atom stereocenters. The van der Waals surface area contributed by atoms with Crippen molar-refractivity contribution < 1.29 is 19.1 Å². The van der Waals surface area contributed by atoms with Crippen LogP contribution in [-0.4, -0.2) is 32.1 Å². The van der Waals surface area contributed by atoms with Crippen molar-refractivity contribution in [2.75, 3.05) is 30.1 Å². The van der Waals surface area contributed by atoms with Gasteiger partial charge in [-0.25, -0.2) is 4.90 Å². The van der Waals surface area contributed by atoms with Gasteiger partial charge in [-0.15, -0.1) is 0 Å². The number of ether oxygens (including phenoxy) is 2. The minimum absolute atomic E-state index is 0.358. The Kier molecular flexibility index (Phi) is 6.97. The molecule has 6 nitrogen and oxygen atoms in total. The van der Waals surface area contributed by atoms with Crippen molar-refractivity contribution in [2.24, 2.45) is 0 Å². The van der Waals surface area contributed by atoms with E-state index in [4.69, 9.17) is 9.47 Å². The van der Waals surface area contributed by atoms with Gasteiger partial charge in [-0.1, -0.05) is 37.3 Å². The molecule has 0 saturated heterocycles. The summed E-state index contributed by atoms with van der Waals surface area (Å²) in [6.07, 6.45) is 0.906. The number of rotatable bonds is 9. The summed E-state index contributed by atoms with van der Waals surface area (Å²) < 4.78 is 10.9. The van der Waals surface area contributed by atoms with E-state index in [9.17, 15) is 9.59 Å². The lowest BCUT2D eigenvalue weighted by Gasteiger charge is -2.25. The normalized spacial score (nSPS) is 13.4. The van der Waals surface area contributed by atoms with Gasteiger partial charge in [0.1, 0.15) is 17.2 Å². The van der Waals surface area contributed by atoms with E-state index in [-0.39, 0.29) is 11.8 Å². The van der Waals surface area contributed by atoms with Crippen molar-refractivity contribution in [3.63, 3.8) is 0 Å². The van der Waals surface area contributed by atoms with Crippen LogP contribution in [0, 0.1) is 0 Å². The summed E-state index contributed by atoms with van der Waals surface area (Å²) in [5, 5.41) is 0. The van der Waals surface area contributed by atoms with E-state index >= 15 is 0 Å². The smallest absolute Gasteiger partial charge is 0.282 e. The summed E-state index contributed by atoms with van der Waals surface area (Å²) in [6, 6.07) is 23.9. The SMILES string of the molecule is CCCOc1ccc(C2=C(N(CC)c3ccccc3)C(=O)N(c3ccc(OC)cc3)C2=O)cc1. The molecule has 0 N–H and O–H groups in total. The fourth-order valence-corrected chi connectivity index (χ4v) is 4.01. The molecule has 4 rings (SSSR count). The van der Waals surface area contributed by atoms with E-state index in [1.807, 2.05) is 73.3 Å². The molecule has 0 unspecified atom stereocenters. The lowest BCUT2D eigenvalue weighted by Crippen LogP contribution is -2.35. The highest BCUT2D eigenvalue weighted by molar-refractivity contribution is 6.46. The van der Waals surface area contributed by atoms with Gasteiger partial charge in [0.25, 0.3) is 11.8 Å². The molecule has 174 valence electrons. The first-order valence-electron chi connectivity index (χ1n) is 11.4. The van der Waals surface area contributed by atoms with Crippen LogP contribution in [0.4, 0.5) is 11.4 Å². The monoisotopic (exact) mass is 456 g/mol. The number of anilines is 2. The van der Waals surface area contributed by atoms with Crippen LogP contribution in [0.25, 0.3) is 5.57 Å². The van der Waals surface area contributed by atoms with Crippen LogP contribution in [0.3, 0.4) is 0 Å². The minimum atomic E-state index is -0.359. The maximum Gasteiger partial charge on any atom is 0.282 e. The fraction of sp³-hybridized carbons (Fsp3) is 0.214. The molecule has 34 heavy (non-hydrogen) atoms. The summed E-state index contributed by atoms with van der Waals surface area (Å²) >= 11 is 0. The number of imide groups is 1. The van der Waals surface area contributed by atoms with Crippen LogP contribution in [0.1, 0.15) is 25.8 Å². The number of carbonyl (C=O) groups excluding carboxylic acids is 2. The summed E-state index contributed by atoms with van der Waals surface area (Å²) in [4.78, 5) is 30.7. The molecule has 0 radical (unpaired) electrons. The third kappa shape index (κ3) is 4.39. The number of hydrogen-bond acceptors (Lipinski definition) is 5. The van der Waals surface area contributed by atoms with Crippen molar-refractivity contribution in [1.29, 1.82) is 0 Å². The minimum Gasteiger partial charge on any atom is -0.497 e. The molecule has 0 bridgehead atoms. The second-order valence-electron chi connectivity index (χ2n) is 7.82. The van der Waals surface area contributed by atoms with Gasteiger partial charge < -0.3 is 14.4 Å². The average Bonchev–Trinajstić information content (AvgIpc) is 3.14. The third-order valence-electron chi connectivity index (χ3n) is 5.66. The predicted octanol–water partition coefficient (Wildman–Crippen LogP) is 5.30. The first-order chi connectivity index (χ1) is 16.6. The zero-order valence-electron chi connectivity index (χ0n) is 19.7. The molecule has 0 aromatic heterocycles. The van der Waals surface area contributed by atoms with Crippen molar-refractivity contribution in [2.45, 2.75) is 20.3 Å². The number of nitrogens with zero attached hydrogens (tertiary/aromatic N) is 2. The second-order valence-corrected chi connectivity index (χ2v) is 7.82. The number of para-hydroxylation sites is 1. The first-order valence-corrected chi connectivity index (χ1v) is 11.4. The van der Waals surface area contributed by atoms with Crippen molar-refractivity contribution >= 4 is 28.8 Å². The van der Waals surface area contributed by atoms with Crippen LogP contribution in [-0.2, 0) is 9.59 Å². The zero-order valence-corrected chi connectivity index (χ0v) is 19.7. The van der Waals surface area contributed by atoms with Crippen LogP contribution >= 0.6 is 0 Å². The quantitative estimate of drug-likeness (QED) is 0.409. The van der Waals surface area contributed by atoms with E-state index in [0.717, 1.165) is 17.9 Å². The number of amides is 2. The van der Waals surface area contributed by atoms with E-state index in [2.05, 4.69) is 0 Å². The molecule has 0 fully saturated rings. The molecule has 0 aliphatic carbocycles. The van der Waals surface area contributed by atoms with Crippen LogP contribution < -0.4 is 19.3 Å². The average molecular weight is 457 g/mol. The molecule has 1 aliphatic heterocycles. The summed E-state index contributed by atoms with van der Waals surface area (Å²) in [7, 11) is 1.58. The molecule has 2 amide bonds. The maximum atomic E-state index is 13.8. The lowest BCUT2D eigenvalue weighted by atomic mass is 10.0. The van der Waals surface area contributed by atoms with Gasteiger partial charge >= 0.3 is 0 Å². The Balaban J connectivity index is 1.82. The molecular formula is C28H28N2O4. The fourth-order valence-electron chi connectivity index (χ4n) is 4.01. The van der Waals surface area contributed by atoms with Crippen molar-refractivity contribution in [1.82, 2.24) is 0 Å². The number of carbonyl (C=O) groups is 2. The number of likely N-dealkylation sites (N-methyl/N-ethyl adjacent to an activating group) is 1. The van der Waals surface area contributed by atoms with E-state index in [0.29, 0.717) is 41.4 Å². The molecule has 0 saturated carbocycles. The topological polar surface area (TPSA) is 59.1 Å². The predicted molar refractivity (Wildman–Crippen MR) is 134 cm³/mol. The van der Waals surface area contributed by atoms with Gasteiger partial charge in [0, 0.05) is 12.2 Å². The van der Waals surface area contributed by atoms with Crippen LogP contribution in [0.5, 0.6) is 11.5 Å². The largest absolute Gasteiger partial charge is 0.497 e. The standard InChI is InChI=1S/C28H28N2O4/c1-4-19-34-24-15-11-20(12-16-24)25-26(29(5-2)21-9-7-6-8-10-21)28(32)30(27(25)31)22-13-17-23(33-3)18-14-22/h6-18H,4-5,19H2,1-3H3. The van der Waals surface area contributed by atoms with Crippen molar-refractivity contribution in [3.8, 4) is 11.5 Å². The Bertz CT molecular complexity index is 1190. The Morgan fingerprint density at radius 3 is 2.03 bits per heavy atom. The third-order valence-corrected chi connectivity index (χ3v) is 5.66. The van der Waals surface area contributed by atoms with Crippen molar-refractivity contribution in [3.05, 3.63) is 90.1 Å². The molecule has 1 aliphatic rings. The highest BCUT2D eigenvalue weighted by Crippen LogP contribution is 2.37. The summed E-state index contributed by atoms with van der Waals surface area (Å²) in [5.41, 5.74) is 2.74. The molecule has 3 aromatic carbocycles. The van der Waals surface area contributed by atoms with Gasteiger partial charge in [0.2, 0.25) is 0 Å². The lowest BCUT2D eigenvalue weighted by molar-refractivity contribution is -0.120. The highest BCUT2D eigenvalue weighted by Gasteiger charge is 2.42. The van der Waals surface area contributed by atoms with Gasteiger partial charge in [0.05, 0.1) is 25.0 Å².